The predicted molar refractivity (Wildman–Crippen MR) is 93.7 cm³/mol. The molecule has 3 fully saturated rings. The fourth-order valence-corrected chi connectivity index (χ4v) is 4.14. The zero-order chi connectivity index (χ0) is 20.6. The van der Waals surface area contributed by atoms with Gasteiger partial charge in [-0.3, -0.25) is 4.79 Å². The molecule has 0 aliphatic carbocycles. The minimum absolute atomic E-state index is 0.0526. The van der Waals surface area contributed by atoms with Gasteiger partial charge >= 0.3 is 12.2 Å². The van der Waals surface area contributed by atoms with Crippen molar-refractivity contribution in [2.24, 2.45) is 5.92 Å². The number of halogens is 3. The van der Waals surface area contributed by atoms with E-state index < -0.39 is 17.4 Å². The van der Waals surface area contributed by atoms with E-state index in [1.807, 2.05) is 0 Å². The van der Waals surface area contributed by atoms with Gasteiger partial charge in [-0.2, -0.15) is 18.3 Å². The number of amides is 3. The number of urea groups is 1. The summed E-state index contributed by atoms with van der Waals surface area (Å²) in [6, 6.07) is 2.27. The van der Waals surface area contributed by atoms with Crippen LogP contribution in [0.4, 0.5) is 18.0 Å². The van der Waals surface area contributed by atoms with Gasteiger partial charge in [0, 0.05) is 26.2 Å². The molecule has 0 saturated carbocycles. The van der Waals surface area contributed by atoms with Gasteiger partial charge in [-0.25, -0.2) is 4.79 Å². The maximum absolute atomic E-state index is 12.7. The third kappa shape index (κ3) is 4.29. The highest BCUT2D eigenvalue weighted by atomic mass is 19.4. The van der Waals surface area contributed by atoms with Crippen molar-refractivity contribution >= 4 is 11.9 Å². The monoisotopic (exact) mass is 413 g/mol. The summed E-state index contributed by atoms with van der Waals surface area (Å²) in [5.41, 5.74) is -0.918. The second-order valence-corrected chi connectivity index (χ2v) is 8.00. The van der Waals surface area contributed by atoms with Crippen LogP contribution in [0.5, 0.6) is 0 Å². The Hall–Kier alpha value is -2.43. The lowest BCUT2D eigenvalue weighted by atomic mass is 9.89. The summed E-state index contributed by atoms with van der Waals surface area (Å²) in [7, 11) is 0. The molecule has 3 amide bonds. The number of nitrogens with zero attached hydrogens (tertiary/aromatic N) is 4. The number of nitrogens with one attached hydrogen (secondary N) is 1. The van der Waals surface area contributed by atoms with E-state index in [9.17, 15) is 22.8 Å². The first-order valence-electron chi connectivity index (χ1n) is 9.57. The van der Waals surface area contributed by atoms with Crippen molar-refractivity contribution in [1.82, 2.24) is 25.3 Å². The molecule has 8 nitrogen and oxygen atoms in total. The number of ether oxygens (including phenoxy) is 1. The van der Waals surface area contributed by atoms with Gasteiger partial charge in [-0.1, -0.05) is 0 Å². The topological polar surface area (TPSA) is 87.7 Å². The van der Waals surface area contributed by atoms with Crippen LogP contribution in [0.15, 0.2) is 12.1 Å². The van der Waals surface area contributed by atoms with Crippen LogP contribution in [0.1, 0.15) is 24.2 Å². The van der Waals surface area contributed by atoms with Crippen molar-refractivity contribution in [3.63, 3.8) is 0 Å². The first-order valence-corrected chi connectivity index (χ1v) is 9.57. The van der Waals surface area contributed by atoms with Crippen molar-refractivity contribution in [2.45, 2.75) is 31.0 Å². The van der Waals surface area contributed by atoms with Gasteiger partial charge in [-0.05, 0) is 37.3 Å². The Bertz CT molecular complexity index is 772. The number of hydrogen-bond donors (Lipinski definition) is 1. The fourth-order valence-electron chi connectivity index (χ4n) is 4.14. The normalized spacial score (nSPS) is 22.4. The fraction of sp³-hybridized carbons (Fsp3) is 0.667. The molecule has 1 N–H and O–H groups in total. The molecule has 3 aliphatic heterocycles. The van der Waals surface area contributed by atoms with Gasteiger partial charge in [0.15, 0.2) is 5.69 Å². The van der Waals surface area contributed by atoms with Crippen molar-refractivity contribution in [2.75, 3.05) is 39.4 Å². The van der Waals surface area contributed by atoms with Crippen LogP contribution >= 0.6 is 0 Å². The minimum Gasteiger partial charge on any atom is -0.369 e. The van der Waals surface area contributed by atoms with Crippen LogP contribution in [0.2, 0.25) is 0 Å². The molecular weight excluding hydrogens is 391 g/mol. The lowest BCUT2D eigenvalue weighted by Crippen LogP contribution is -2.76. The Balaban J connectivity index is 1.23. The third-order valence-electron chi connectivity index (χ3n) is 5.67. The summed E-state index contributed by atoms with van der Waals surface area (Å²) in [5, 5.41) is 9.86. The Morgan fingerprint density at radius 1 is 1.21 bits per heavy atom. The lowest BCUT2D eigenvalue weighted by Gasteiger charge is -2.52. The first kappa shape index (κ1) is 19.9. The molecule has 0 aromatic carbocycles. The summed E-state index contributed by atoms with van der Waals surface area (Å²) in [6.45, 7) is 2.54. The van der Waals surface area contributed by atoms with E-state index in [0.29, 0.717) is 44.9 Å². The average molecular weight is 413 g/mol. The number of aromatic nitrogens is 2. The second kappa shape index (κ2) is 7.43. The second-order valence-electron chi connectivity index (χ2n) is 8.00. The Morgan fingerprint density at radius 3 is 2.52 bits per heavy atom. The predicted octanol–water partition coefficient (Wildman–Crippen LogP) is 1.07. The van der Waals surface area contributed by atoms with E-state index in [2.05, 4.69) is 15.5 Å². The molecule has 0 atom stereocenters. The third-order valence-corrected chi connectivity index (χ3v) is 5.67. The highest BCUT2D eigenvalue weighted by molar-refractivity contribution is 5.81. The van der Waals surface area contributed by atoms with Crippen molar-refractivity contribution < 1.29 is 27.5 Å². The largest absolute Gasteiger partial charge is 0.435 e. The van der Waals surface area contributed by atoms with Crippen LogP contribution in [-0.2, 0) is 22.1 Å². The molecule has 1 aromatic rings. The summed E-state index contributed by atoms with van der Waals surface area (Å²) >= 11 is 0. The van der Waals surface area contributed by atoms with E-state index in [4.69, 9.17) is 4.74 Å². The van der Waals surface area contributed by atoms with E-state index in [1.54, 1.807) is 9.80 Å². The average Bonchev–Trinajstić information content (AvgIpc) is 2.66. The smallest absolute Gasteiger partial charge is 0.369 e. The number of alkyl halides is 3. The van der Waals surface area contributed by atoms with Crippen LogP contribution in [0, 0.1) is 5.92 Å². The lowest BCUT2D eigenvalue weighted by molar-refractivity contribution is -0.142. The van der Waals surface area contributed by atoms with E-state index in [-0.39, 0.29) is 24.5 Å². The number of morpholine rings is 1. The number of piperidine rings is 1. The maximum atomic E-state index is 12.7. The summed E-state index contributed by atoms with van der Waals surface area (Å²) in [6.07, 6.45) is -2.43. The van der Waals surface area contributed by atoms with E-state index in [0.717, 1.165) is 18.9 Å². The molecule has 1 aromatic heterocycles. The molecule has 158 valence electrons. The number of hydrogen-bond acceptors (Lipinski definition) is 5. The minimum atomic E-state index is -4.49. The Morgan fingerprint density at radius 2 is 1.93 bits per heavy atom. The molecule has 3 aliphatic rings. The van der Waals surface area contributed by atoms with Crippen LogP contribution in [-0.4, -0.2) is 76.9 Å². The zero-order valence-electron chi connectivity index (χ0n) is 15.7. The van der Waals surface area contributed by atoms with Crippen LogP contribution in [0.25, 0.3) is 0 Å². The molecule has 0 unspecified atom stereocenters. The number of carbonyl (C=O) groups excluding carboxylic acids is 2. The standard InChI is InChI=1S/C18H22F3N5O3/c19-18(20,21)14-2-1-13(23-24-14)7-12-3-5-25(6-4-12)16(28)26-9-17(10-26)11-29-8-15(27)22-17/h1-2,12H,3-11H2,(H,22,27). The molecule has 0 radical (unpaired) electrons. The van der Waals surface area contributed by atoms with Crippen molar-refractivity contribution in [1.29, 1.82) is 0 Å². The van der Waals surface area contributed by atoms with Crippen molar-refractivity contribution in [3.8, 4) is 0 Å². The summed E-state index contributed by atoms with van der Waals surface area (Å²) in [4.78, 5) is 27.6. The van der Waals surface area contributed by atoms with Gasteiger partial charge in [0.1, 0.15) is 6.61 Å². The Kier molecular flexibility index (Phi) is 5.09. The first-order chi connectivity index (χ1) is 13.7. The molecular formula is C18H22F3N5O3. The van der Waals surface area contributed by atoms with Gasteiger partial charge in [0.2, 0.25) is 5.91 Å². The SMILES string of the molecule is O=C1COCC2(CN(C(=O)N3CCC(Cc4ccc(C(F)(F)F)nn4)CC3)C2)N1. The summed E-state index contributed by atoms with van der Waals surface area (Å²) in [5.74, 6) is 0.0920. The van der Waals surface area contributed by atoms with Gasteiger partial charge < -0.3 is 19.9 Å². The molecule has 29 heavy (non-hydrogen) atoms. The van der Waals surface area contributed by atoms with E-state index >= 15 is 0 Å². The molecule has 1 spiro atoms. The number of rotatable bonds is 2. The molecule has 4 rings (SSSR count). The number of likely N-dealkylation sites (tertiary alicyclic amines) is 2. The molecule has 3 saturated heterocycles. The molecule has 4 heterocycles. The Labute approximate surface area is 165 Å². The molecule has 0 bridgehead atoms. The van der Waals surface area contributed by atoms with E-state index in [1.165, 1.54) is 6.07 Å². The van der Waals surface area contributed by atoms with Gasteiger partial charge in [0.05, 0.1) is 17.8 Å². The maximum Gasteiger partial charge on any atom is 0.435 e. The highest BCUT2D eigenvalue weighted by Gasteiger charge is 2.49. The number of carbonyl (C=O) groups is 2. The highest BCUT2D eigenvalue weighted by Crippen LogP contribution is 2.29. The quantitative estimate of drug-likeness (QED) is 0.784. The summed E-state index contributed by atoms with van der Waals surface area (Å²) < 4.78 is 43.0. The van der Waals surface area contributed by atoms with Crippen LogP contribution in [0.3, 0.4) is 0 Å². The van der Waals surface area contributed by atoms with Crippen LogP contribution < -0.4 is 5.32 Å². The van der Waals surface area contributed by atoms with Gasteiger partial charge in [0.25, 0.3) is 0 Å². The zero-order valence-corrected chi connectivity index (χ0v) is 15.7. The van der Waals surface area contributed by atoms with Gasteiger partial charge in [-0.15, -0.1) is 5.10 Å². The molecule has 11 heteroatoms. The van der Waals surface area contributed by atoms with Crippen molar-refractivity contribution in [3.05, 3.63) is 23.5 Å².